The summed E-state index contributed by atoms with van der Waals surface area (Å²) in [7, 11) is 0. The number of carbonyl (C=O) groups excluding carboxylic acids is 2. The molecule has 0 radical (unpaired) electrons. The lowest BCUT2D eigenvalue weighted by Crippen LogP contribution is -2.54. The molecule has 1 fully saturated rings. The number of hydrogen-bond donors (Lipinski definition) is 3. The molecule has 0 atom stereocenters. The summed E-state index contributed by atoms with van der Waals surface area (Å²) in [5.41, 5.74) is 2.29. The van der Waals surface area contributed by atoms with E-state index in [1.54, 1.807) is 0 Å². The number of carbonyl (C=O) groups is 2. The zero-order chi connectivity index (χ0) is 20.4. The molecule has 152 valence electrons. The number of nitrogens with one attached hydrogen (secondary N) is 3. The molecule has 2 aromatic rings. The number of benzene rings is 1. The van der Waals surface area contributed by atoms with Crippen molar-refractivity contribution in [1.29, 1.82) is 0 Å². The van der Waals surface area contributed by atoms with E-state index < -0.39 is 17.2 Å². The third-order valence-electron chi connectivity index (χ3n) is 5.21. The van der Waals surface area contributed by atoms with Crippen LogP contribution in [0.5, 0.6) is 0 Å². The van der Waals surface area contributed by atoms with Crippen LogP contribution >= 0.6 is 0 Å². The van der Waals surface area contributed by atoms with Crippen molar-refractivity contribution in [1.82, 2.24) is 15.6 Å². The number of aromatic amines is 1. The lowest BCUT2D eigenvalue weighted by Gasteiger charge is -2.31. The fourth-order valence-electron chi connectivity index (χ4n) is 3.91. The molecule has 1 saturated carbocycles. The molecule has 3 rings (SSSR count). The quantitative estimate of drug-likeness (QED) is 0.728. The first-order chi connectivity index (χ1) is 13.2. The van der Waals surface area contributed by atoms with Gasteiger partial charge in [0.05, 0.1) is 12.0 Å². The Balaban J connectivity index is 1.63. The first-order valence-corrected chi connectivity index (χ1v) is 10.0. The summed E-state index contributed by atoms with van der Waals surface area (Å²) in [5.74, 6) is -0.0191. The van der Waals surface area contributed by atoms with Crippen LogP contribution in [-0.2, 0) is 16.0 Å². The molecular formula is C22H31N3O3. The fourth-order valence-corrected chi connectivity index (χ4v) is 3.91. The van der Waals surface area contributed by atoms with Crippen molar-refractivity contribution in [3.05, 3.63) is 35.5 Å². The highest BCUT2D eigenvalue weighted by atomic mass is 16.6. The second kappa shape index (κ2) is 7.86. The van der Waals surface area contributed by atoms with Crippen molar-refractivity contribution in [2.75, 3.05) is 6.54 Å². The molecule has 6 heteroatoms. The molecule has 0 bridgehead atoms. The normalized spacial score (nSPS) is 16.1. The minimum atomic E-state index is -0.538. The van der Waals surface area contributed by atoms with Crippen LogP contribution in [0.4, 0.5) is 4.79 Å². The van der Waals surface area contributed by atoms with Gasteiger partial charge < -0.3 is 20.4 Å². The molecule has 2 amide bonds. The number of fused-ring (bicyclic) bond motifs is 1. The summed E-state index contributed by atoms with van der Waals surface area (Å²) >= 11 is 0. The van der Waals surface area contributed by atoms with E-state index in [-0.39, 0.29) is 5.91 Å². The van der Waals surface area contributed by atoms with Gasteiger partial charge in [-0.05, 0) is 57.7 Å². The van der Waals surface area contributed by atoms with Gasteiger partial charge in [0.15, 0.2) is 0 Å². The standard InChI is InChI=1S/C22H31N3O3/c1-15-7-8-17-16(13-23-18(17)11-15)12-19(26)25-22(9-5-6-10-22)14-24-20(27)28-21(2,3)4/h7-8,11,13,23H,5-6,9-10,12,14H2,1-4H3,(H,24,27)(H,25,26). The Morgan fingerprint density at radius 1 is 1.21 bits per heavy atom. The Morgan fingerprint density at radius 2 is 1.93 bits per heavy atom. The average Bonchev–Trinajstić information content (AvgIpc) is 3.19. The van der Waals surface area contributed by atoms with Crippen LogP contribution in [-0.4, -0.2) is 34.7 Å². The van der Waals surface area contributed by atoms with Crippen LogP contribution in [0, 0.1) is 6.92 Å². The molecular weight excluding hydrogens is 354 g/mol. The van der Waals surface area contributed by atoms with Gasteiger partial charge in [-0.1, -0.05) is 25.0 Å². The van der Waals surface area contributed by atoms with E-state index in [1.165, 1.54) is 5.56 Å². The first-order valence-electron chi connectivity index (χ1n) is 10.0. The van der Waals surface area contributed by atoms with Gasteiger partial charge in [0.25, 0.3) is 0 Å². The summed E-state index contributed by atoms with van der Waals surface area (Å²) in [4.78, 5) is 28.1. The van der Waals surface area contributed by atoms with Gasteiger partial charge in [-0.3, -0.25) is 4.79 Å². The van der Waals surface area contributed by atoms with Crippen LogP contribution in [0.15, 0.2) is 24.4 Å². The van der Waals surface area contributed by atoms with E-state index in [2.05, 4.69) is 33.8 Å². The number of H-pyrrole nitrogens is 1. The number of ether oxygens (including phenoxy) is 1. The van der Waals surface area contributed by atoms with Crippen molar-refractivity contribution < 1.29 is 14.3 Å². The summed E-state index contributed by atoms with van der Waals surface area (Å²) in [6, 6.07) is 6.19. The number of hydrogen-bond acceptors (Lipinski definition) is 3. The molecule has 1 aromatic carbocycles. The molecule has 0 spiro atoms. The van der Waals surface area contributed by atoms with Crippen molar-refractivity contribution in [3.8, 4) is 0 Å². The molecule has 0 unspecified atom stereocenters. The number of rotatable bonds is 5. The largest absolute Gasteiger partial charge is 0.444 e. The molecule has 0 saturated heterocycles. The van der Waals surface area contributed by atoms with Crippen molar-refractivity contribution in [2.45, 2.75) is 70.9 Å². The van der Waals surface area contributed by atoms with Crippen molar-refractivity contribution >= 4 is 22.9 Å². The Kier molecular flexibility index (Phi) is 5.68. The number of aryl methyl sites for hydroxylation is 1. The van der Waals surface area contributed by atoms with Crippen LogP contribution in [0.1, 0.15) is 57.6 Å². The van der Waals surface area contributed by atoms with Crippen LogP contribution in [0.3, 0.4) is 0 Å². The molecule has 1 aliphatic rings. The maximum atomic E-state index is 12.8. The Hall–Kier alpha value is -2.50. The van der Waals surface area contributed by atoms with Gasteiger partial charge in [0, 0.05) is 23.6 Å². The van der Waals surface area contributed by atoms with Gasteiger partial charge in [-0.2, -0.15) is 0 Å². The monoisotopic (exact) mass is 385 g/mol. The van der Waals surface area contributed by atoms with E-state index in [1.807, 2.05) is 33.9 Å². The molecule has 6 nitrogen and oxygen atoms in total. The number of alkyl carbamates (subject to hydrolysis) is 1. The van der Waals surface area contributed by atoms with E-state index in [0.29, 0.717) is 13.0 Å². The average molecular weight is 386 g/mol. The van der Waals surface area contributed by atoms with Gasteiger partial charge in [-0.15, -0.1) is 0 Å². The first kappa shape index (κ1) is 20.2. The summed E-state index contributed by atoms with van der Waals surface area (Å²) < 4.78 is 5.32. The second-order valence-electron chi connectivity index (χ2n) is 8.93. The SMILES string of the molecule is Cc1ccc2c(CC(=O)NC3(CNC(=O)OC(C)(C)C)CCCC3)c[nH]c2c1. The topological polar surface area (TPSA) is 83.2 Å². The summed E-state index contributed by atoms with van der Waals surface area (Å²) in [5, 5.41) is 7.12. The fraction of sp³-hybridized carbons (Fsp3) is 0.545. The van der Waals surface area contributed by atoms with E-state index in [4.69, 9.17) is 4.74 Å². The number of aromatic nitrogens is 1. The Labute approximate surface area is 166 Å². The maximum Gasteiger partial charge on any atom is 0.407 e. The van der Waals surface area contributed by atoms with Crippen molar-refractivity contribution in [2.24, 2.45) is 0 Å². The zero-order valence-corrected chi connectivity index (χ0v) is 17.3. The molecule has 3 N–H and O–H groups in total. The lowest BCUT2D eigenvalue weighted by molar-refractivity contribution is -0.122. The highest BCUT2D eigenvalue weighted by Gasteiger charge is 2.36. The Bertz CT molecular complexity index is 858. The van der Waals surface area contributed by atoms with Gasteiger partial charge in [0.1, 0.15) is 5.60 Å². The lowest BCUT2D eigenvalue weighted by atomic mass is 9.96. The minimum absolute atomic E-state index is 0.0191. The summed E-state index contributed by atoms with van der Waals surface area (Å²) in [6.07, 6.45) is 5.59. The summed E-state index contributed by atoms with van der Waals surface area (Å²) in [6.45, 7) is 7.95. The highest BCUT2D eigenvalue weighted by Crippen LogP contribution is 2.29. The molecule has 0 aliphatic heterocycles. The van der Waals surface area contributed by atoms with Gasteiger partial charge >= 0.3 is 6.09 Å². The Morgan fingerprint density at radius 3 is 2.61 bits per heavy atom. The van der Waals surface area contributed by atoms with E-state index in [9.17, 15) is 9.59 Å². The maximum absolute atomic E-state index is 12.8. The second-order valence-corrected chi connectivity index (χ2v) is 8.93. The molecule has 1 aliphatic carbocycles. The van der Waals surface area contributed by atoms with E-state index >= 15 is 0 Å². The van der Waals surface area contributed by atoms with Crippen LogP contribution in [0.2, 0.25) is 0 Å². The van der Waals surface area contributed by atoms with Crippen LogP contribution in [0.25, 0.3) is 10.9 Å². The third-order valence-corrected chi connectivity index (χ3v) is 5.21. The predicted octanol–water partition coefficient (Wildman–Crippen LogP) is 3.97. The molecule has 28 heavy (non-hydrogen) atoms. The highest BCUT2D eigenvalue weighted by molar-refractivity contribution is 5.89. The van der Waals surface area contributed by atoms with Gasteiger partial charge in [-0.25, -0.2) is 4.79 Å². The molecule has 1 heterocycles. The smallest absolute Gasteiger partial charge is 0.407 e. The minimum Gasteiger partial charge on any atom is -0.444 e. The van der Waals surface area contributed by atoms with E-state index in [0.717, 1.165) is 42.1 Å². The third kappa shape index (κ3) is 5.06. The van der Waals surface area contributed by atoms with Gasteiger partial charge in [0.2, 0.25) is 5.91 Å². The zero-order valence-electron chi connectivity index (χ0n) is 17.3. The predicted molar refractivity (Wildman–Crippen MR) is 110 cm³/mol. The van der Waals surface area contributed by atoms with Crippen LogP contribution < -0.4 is 10.6 Å². The molecule has 1 aromatic heterocycles. The van der Waals surface area contributed by atoms with Crippen molar-refractivity contribution in [3.63, 3.8) is 0 Å². The number of amides is 2.